The Balaban J connectivity index is 2.02. The van der Waals surface area contributed by atoms with E-state index in [-0.39, 0.29) is 0 Å². The summed E-state index contributed by atoms with van der Waals surface area (Å²) in [5, 5.41) is 9.04. The smallest absolute Gasteiger partial charge is 0.335 e. The van der Waals surface area contributed by atoms with Crippen molar-refractivity contribution in [2.24, 2.45) is 11.8 Å². The van der Waals surface area contributed by atoms with Crippen molar-refractivity contribution >= 4 is 17.0 Å². The number of aromatic carboxylic acids is 1. The normalized spacial score (nSPS) is 26.8. The van der Waals surface area contributed by atoms with Crippen molar-refractivity contribution in [1.29, 1.82) is 0 Å². The summed E-state index contributed by atoms with van der Waals surface area (Å²) in [6.45, 7) is 4.63. The van der Waals surface area contributed by atoms with Crippen molar-refractivity contribution in [3.63, 3.8) is 0 Å². The quantitative estimate of drug-likeness (QED) is 0.906. The van der Waals surface area contributed by atoms with E-state index in [9.17, 15) is 4.79 Å². The Morgan fingerprint density at radius 3 is 2.90 bits per heavy atom. The topological polar surface area (TPSA) is 55.1 Å². The molecule has 3 atom stereocenters. The van der Waals surface area contributed by atoms with Gasteiger partial charge in [0, 0.05) is 6.04 Å². The molecule has 1 aromatic carbocycles. The molecule has 106 valence electrons. The molecule has 1 aliphatic carbocycles. The molecule has 0 radical (unpaired) electrons. The maximum Gasteiger partial charge on any atom is 0.335 e. The highest BCUT2D eigenvalue weighted by Crippen LogP contribution is 2.38. The lowest BCUT2D eigenvalue weighted by atomic mass is 9.78. The summed E-state index contributed by atoms with van der Waals surface area (Å²) in [4.78, 5) is 15.4. The van der Waals surface area contributed by atoms with Crippen LogP contribution in [-0.4, -0.2) is 20.6 Å². The highest BCUT2D eigenvalue weighted by atomic mass is 16.4. The zero-order valence-electron chi connectivity index (χ0n) is 11.9. The molecule has 1 aromatic heterocycles. The summed E-state index contributed by atoms with van der Waals surface area (Å²) < 4.78 is 2.24. The molecule has 0 spiro atoms. The lowest BCUT2D eigenvalue weighted by molar-refractivity contribution is 0.0697. The Hall–Kier alpha value is -1.84. The molecule has 0 amide bonds. The summed E-state index contributed by atoms with van der Waals surface area (Å²) in [7, 11) is 0. The third-order valence-corrected chi connectivity index (χ3v) is 4.84. The number of benzene rings is 1. The first kappa shape index (κ1) is 13.2. The number of carboxylic acids is 1. The fourth-order valence-corrected chi connectivity index (χ4v) is 3.38. The number of hydrogen-bond acceptors (Lipinski definition) is 2. The van der Waals surface area contributed by atoms with Crippen molar-refractivity contribution in [3.05, 3.63) is 30.1 Å². The summed E-state index contributed by atoms with van der Waals surface area (Å²) in [5.41, 5.74) is 2.11. The standard InChI is InChI=1S/C16H20N2O2/c1-10-4-3-5-14(11(10)2)18-9-17-13-8-12(16(19)20)6-7-15(13)18/h6-11,14H,3-5H2,1-2H3,(H,19,20)/t10-,11-,14+/m1/s1. The van der Waals surface area contributed by atoms with Gasteiger partial charge < -0.3 is 9.67 Å². The number of carboxylic acid groups (broad SMARTS) is 1. The zero-order valence-corrected chi connectivity index (χ0v) is 11.9. The highest BCUT2D eigenvalue weighted by molar-refractivity contribution is 5.92. The molecular formula is C16H20N2O2. The molecule has 0 aliphatic heterocycles. The van der Waals surface area contributed by atoms with Gasteiger partial charge in [0.05, 0.1) is 22.9 Å². The summed E-state index contributed by atoms with van der Waals surface area (Å²) in [6.07, 6.45) is 5.60. The summed E-state index contributed by atoms with van der Waals surface area (Å²) in [5.74, 6) is 0.450. The molecular weight excluding hydrogens is 252 g/mol. The van der Waals surface area contributed by atoms with Crippen LogP contribution in [0, 0.1) is 11.8 Å². The number of rotatable bonds is 2. The van der Waals surface area contributed by atoms with E-state index in [2.05, 4.69) is 23.4 Å². The van der Waals surface area contributed by atoms with Crippen molar-refractivity contribution in [2.45, 2.75) is 39.2 Å². The lowest BCUT2D eigenvalue weighted by Crippen LogP contribution is -2.26. The van der Waals surface area contributed by atoms with Crippen LogP contribution in [-0.2, 0) is 0 Å². The maximum absolute atomic E-state index is 11.0. The van der Waals surface area contributed by atoms with Gasteiger partial charge in [0.15, 0.2) is 0 Å². The Labute approximate surface area is 118 Å². The number of imidazole rings is 1. The number of hydrogen-bond donors (Lipinski definition) is 1. The molecule has 1 fully saturated rings. The molecule has 0 unspecified atom stereocenters. The molecule has 4 heteroatoms. The van der Waals surface area contributed by atoms with Gasteiger partial charge in [-0.25, -0.2) is 9.78 Å². The minimum Gasteiger partial charge on any atom is -0.478 e. The maximum atomic E-state index is 11.0. The van der Waals surface area contributed by atoms with Gasteiger partial charge in [-0.3, -0.25) is 0 Å². The highest BCUT2D eigenvalue weighted by Gasteiger charge is 2.29. The molecule has 3 rings (SSSR count). The van der Waals surface area contributed by atoms with Gasteiger partial charge >= 0.3 is 5.97 Å². The van der Waals surface area contributed by atoms with Gasteiger partial charge in [0.1, 0.15) is 0 Å². The van der Waals surface area contributed by atoms with E-state index in [1.807, 2.05) is 12.4 Å². The number of carbonyl (C=O) groups is 1. The van der Waals surface area contributed by atoms with Crippen molar-refractivity contribution in [1.82, 2.24) is 9.55 Å². The van der Waals surface area contributed by atoms with E-state index < -0.39 is 5.97 Å². The molecule has 0 bridgehead atoms. The first-order valence-electron chi connectivity index (χ1n) is 7.28. The van der Waals surface area contributed by atoms with Gasteiger partial charge in [0.2, 0.25) is 0 Å². The predicted molar refractivity (Wildman–Crippen MR) is 77.9 cm³/mol. The lowest BCUT2D eigenvalue weighted by Gasteiger charge is -2.35. The molecule has 1 aliphatic rings. The van der Waals surface area contributed by atoms with Gasteiger partial charge in [0.25, 0.3) is 0 Å². The van der Waals surface area contributed by atoms with Crippen LogP contribution in [0.5, 0.6) is 0 Å². The van der Waals surface area contributed by atoms with Crippen LogP contribution in [0.1, 0.15) is 49.5 Å². The Morgan fingerprint density at radius 2 is 2.15 bits per heavy atom. The van der Waals surface area contributed by atoms with Gasteiger partial charge in [-0.2, -0.15) is 0 Å². The molecule has 4 nitrogen and oxygen atoms in total. The third-order valence-electron chi connectivity index (χ3n) is 4.84. The fourth-order valence-electron chi connectivity index (χ4n) is 3.38. The average molecular weight is 272 g/mol. The Morgan fingerprint density at radius 1 is 1.35 bits per heavy atom. The monoisotopic (exact) mass is 272 g/mol. The zero-order chi connectivity index (χ0) is 14.3. The average Bonchev–Trinajstić information content (AvgIpc) is 2.84. The van der Waals surface area contributed by atoms with Crippen LogP contribution < -0.4 is 0 Å². The third kappa shape index (κ3) is 2.09. The van der Waals surface area contributed by atoms with E-state index in [0.717, 1.165) is 17.0 Å². The van der Waals surface area contributed by atoms with Crippen LogP contribution in [0.3, 0.4) is 0 Å². The van der Waals surface area contributed by atoms with Crippen LogP contribution in [0.2, 0.25) is 0 Å². The van der Waals surface area contributed by atoms with Gasteiger partial charge in [-0.05, 0) is 36.5 Å². The van der Waals surface area contributed by atoms with E-state index in [1.165, 1.54) is 19.3 Å². The molecule has 1 N–H and O–H groups in total. The van der Waals surface area contributed by atoms with Crippen LogP contribution in [0.4, 0.5) is 0 Å². The fraction of sp³-hybridized carbons (Fsp3) is 0.500. The second-order valence-electron chi connectivity index (χ2n) is 6.00. The Kier molecular flexibility index (Phi) is 3.24. The number of fused-ring (bicyclic) bond motifs is 1. The van der Waals surface area contributed by atoms with Gasteiger partial charge in [-0.1, -0.05) is 26.7 Å². The minimum atomic E-state index is -0.902. The second-order valence-corrected chi connectivity index (χ2v) is 6.00. The number of nitrogens with zero attached hydrogens (tertiary/aromatic N) is 2. The van der Waals surface area contributed by atoms with Crippen molar-refractivity contribution < 1.29 is 9.90 Å². The van der Waals surface area contributed by atoms with E-state index in [4.69, 9.17) is 5.11 Å². The SMILES string of the molecule is C[C@@H]1[C@H](C)CCC[C@@H]1n1cnc2cc(C(=O)O)ccc21. The van der Waals surface area contributed by atoms with Crippen LogP contribution in [0.25, 0.3) is 11.0 Å². The first-order valence-corrected chi connectivity index (χ1v) is 7.28. The summed E-state index contributed by atoms with van der Waals surface area (Å²) >= 11 is 0. The van der Waals surface area contributed by atoms with E-state index in [1.54, 1.807) is 12.1 Å². The minimum absolute atomic E-state index is 0.299. The van der Waals surface area contributed by atoms with Crippen molar-refractivity contribution in [3.8, 4) is 0 Å². The molecule has 20 heavy (non-hydrogen) atoms. The van der Waals surface area contributed by atoms with Gasteiger partial charge in [-0.15, -0.1) is 0 Å². The second kappa shape index (κ2) is 4.93. The molecule has 1 saturated carbocycles. The van der Waals surface area contributed by atoms with Crippen LogP contribution >= 0.6 is 0 Å². The predicted octanol–water partition coefficient (Wildman–Crippen LogP) is 3.73. The van der Waals surface area contributed by atoms with Crippen molar-refractivity contribution in [2.75, 3.05) is 0 Å². The van der Waals surface area contributed by atoms with E-state index in [0.29, 0.717) is 17.5 Å². The largest absolute Gasteiger partial charge is 0.478 e. The number of aromatic nitrogens is 2. The summed E-state index contributed by atoms with van der Waals surface area (Å²) in [6, 6.07) is 5.68. The molecule has 0 saturated heterocycles. The van der Waals surface area contributed by atoms with E-state index >= 15 is 0 Å². The first-order chi connectivity index (χ1) is 9.58. The molecule has 1 heterocycles. The molecule has 2 aromatic rings. The Bertz CT molecular complexity index is 647. The van der Waals surface area contributed by atoms with Crippen LogP contribution in [0.15, 0.2) is 24.5 Å².